The highest BCUT2D eigenvalue weighted by Crippen LogP contribution is 2.31. The third-order valence-corrected chi connectivity index (χ3v) is 4.09. The van der Waals surface area contributed by atoms with E-state index in [-0.39, 0.29) is 5.91 Å². The van der Waals surface area contributed by atoms with Crippen LogP contribution in [0.15, 0.2) is 30.5 Å². The number of nitrogen functional groups attached to an aromatic ring is 1. The van der Waals surface area contributed by atoms with E-state index in [1.807, 2.05) is 24.3 Å². The number of amides is 1. The van der Waals surface area contributed by atoms with Gasteiger partial charge in [-0.05, 0) is 23.8 Å². The number of benzene rings is 1. The normalized spacial score (nSPS) is 10.6. The van der Waals surface area contributed by atoms with E-state index < -0.39 is 0 Å². The summed E-state index contributed by atoms with van der Waals surface area (Å²) in [4.78, 5) is 19.8. The van der Waals surface area contributed by atoms with Gasteiger partial charge in [0.1, 0.15) is 5.82 Å². The van der Waals surface area contributed by atoms with E-state index in [4.69, 9.17) is 5.73 Å². The number of carbonyl (C=O) groups is 1. The maximum absolute atomic E-state index is 11.1. The molecule has 6 nitrogen and oxygen atoms in total. The summed E-state index contributed by atoms with van der Waals surface area (Å²) in [5, 5.41) is 6.25. The second kappa shape index (κ2) is 5.61. The number of nitrogens with two attached hydrogens (primary N) is 1. The highest BCUT2D eigenvalue weighted by molar-refractivity contribution is 7.22. The Morgan fingerprint density at radius 2 is 2.09 bits per heavy atom. The van der Waals surface area contributed by atoms with Crippen molar-refractivity contribution in [2.75, 3.05) is 23.4 Å². The quantitative estimate of drug-likeness (QED) is 0.691. The number of fused-ring (bicyclic) bond motifs is 1. The van der Waals surface area contributed by atoms with E-state index in [9.17, 15) is 4.79 Å². The minimum absolute atomic E-state index is 0.126. The zero-order valence-electron chi connectivity index (χ0n) is 12.2. The molecule has 0 unspecified atom stereocenters. The Morgan fingerprint density at radius 3 is 2.77 bits per heavy atom. The molecule has 0 aliphatic carbocycles. The number of anilines is 3. The van der Waals surface area contributed by atoms with Gasteiger partial charge >= 0.3 is 0 Å². The summed E-state index contributed by atoms with van der Waals surface area (Å²) in [6, 6.07) is 7.80. The van der Waals surface area contributed by atoms with Gasteiger partial charge in [-0.2, -0.15) is 0 Å². The highest BCUT2D eigenvalue weighted by Gasteiger charge is 2.08. The highest BCUT2D eigenvalue weighted by atomic mass is 32.1. The first kappa shape index (κ1) is 14.3. The summed E-state index contributed by atoms with van der Waals surface area (Å²) in [6.07, 6.45) is 1.78. The minimum atomic E-state index is -0.126. The van der Waals surface area contributed by atoms with Gasteiger partial charge in [-0.3, -0.25) is 4.79 Å². The van der Waals surface area contributed by atoms with Crippen molar-refractivity contribution in [2.45, 2.75) is 6.92 Å². The van der Waals surface area contributed by atoms with Gasteiger partial charge in [-0.15, -0.1) is 0 Å². The smallest absolute Gasteiger partial charge is 0.223 e. The lowest BCUT2D eigenvalue weighted by molar-refractivity contribution is -0.114. The van der Waals surface area contributed by atoms with Crippen molar-refractivity contribution in [3.05, 3.63) is 30.5 Å². The molecule has 7 heteroatoms. The number of aromatic nitrogens is 2. The molecule has 3 rings (SSSR count). The maximum atomic E-state index is 11.1. The molecule has 2 aromatic heterocycles. The molecule has 4 N–H and O–H groups in total. The number of hydrogen-bond acceptors (Lipinski definition) is 6. The molecule has 3 aromatic rings. The van der Waals surface area contributed by atoms with Gasteiger partial charge in [0.2, 0.25) is 5.91 Å². The monoisotopic (exact) mass is 313 g/mol. The van der Waals surface area contributed by atoms with Crippen LogP contribution in [0.25, 0.3) is 21.3 Å². The number of rotatable bonds is 3. The van der Waals surface area contributed by atoms with Crippen LogP contribution in [0.1, 0.15) is 6.92 Å². The van der Waals surface area contributed by atoms with Gasteiger partial charge in [-0.1, -0.05) is 17.4 Å². The minimum Gasteiger partial charge on any atom is -0.396 e. The second-order valence-electron chi connectivity index (χ2n) is 4.79. The van der Waals surface area contributed by atoms with E-state index in [0.29, 0.717) is 16.6 Å². The summed E-state index contributed by atoms with van der Waals surface area (Å²) >= 11 is 1.44. The van der Waals surface area contributed by atoms with Crippen LogP contribution in [0.3, 0.4) is 0 Å². The predicted molar refractivity (Wildman–Crippen MR) is 91.1 cm³/mol. The predicted octanol–water partition coefficient (Wildman–Crippen LogP) is 2.94. The molecule has 112 valence electrons. The van der Waals surface area contributed by atoms with Crippen LogP contribution in [-0.4, -0.2) is 22.9 Å². The van der Waals surface area contributed by atoms with E-state index in [0.717, 1.165) is 21.3 Å². The van der Waals surface area contributed by atoms with E-state index in [2.05, 4.69) is 20.6 Å². The van der Waals surface area contributed by atoms with Crippen LogP contribution in [0, 0.1) is 0 Å². The van der Waals surface area contributed by atoms with Gasteiger partial charge < -0.3 is 16.4 Å². The third kappa shape index (κ3) is 2.71. The van der Waals surface area contributed by atoms with Gasteiger partial charge in [0.05, 0.1) is 15.9 Å². The summed E-state index contributed by atoms with van der Waals surface area (Å²) in [6.45, 7) is 1.47. The Hall–Kier alpha value is -2.67. The summed E-state index contributed by atoms with van der Waals surface area (Å²) < 4.78 is 0.998. The largest absolute Gasteiger partial charge is 0.396 e. The molecule has 0 bridgehead atoms. The number of nitrogens with zero attached hydrogens (tertiary/aromatic N) is 2. The number of hydrogen-bond donors (Lipinski definition) is 3. The SMILES string of the molecule is CNc1ncc(-c2ccc3nc(NC(C)=O)sc3c2)cc1N. The Balaban J connectivity index is 2.00. The first-order valence-electron chi connectivity index (χ1n) is 6.68. The van der Waals surface area contributed by atoms with Gasteiger partial charge in [0, 0.05) is 25.7 Å². The molecule has 1 amide bonds. The topological polar surface area (TPSA) is 92.9 Å². The number of thiazole rings is 1. The van der Waals surface area contributed by atoms with E-state index >= 15 is 0 Å². The Labute approximate surface area is 131 Å². The van der Waals surface area contributed by atoms with Gasteiger partial charge in [0.25, 0.3) is 0 Å². The molecule has 0 saturated heterocycles. The Bertz CT molecular complexity index is 858. The van der Waals surface area contributed by atoms with E-state index in [1.54, 1.807) is 13.2 Å². The molecular formula is C15H15N5OS. The van der Waals surface area contributed by atoms with Gasteiger partial charge in [-0.25, -0.2) is 9.97 Å². The Kier molecular flexibility index (Phi) is 3.64. The first-order chi connectivity index (χ1) is 10.6. The van der Waals surface area contributed by atoms with Crippen molar-refractivity contribution < 1.29 is 4.79 Å². The summed E-state index contributed by atoms with van der Waals surface area (Å²) in [5.41, 5.74) is 9.36. The van der Waals surface area contributed by atoms with Crippen LogP contribution >= 0.6 is 11.3 Å². The van der Waals surface area contributed by atoms with Crippen molar-refractivity contribution in [1.82, 2.24) is 9.97 Å². The second-order valence-corrected chi connectivity index (χ2v) is 5.83. The zero-order valence-corrected chi connectivity index (χ0v) is 13.0. The van der Waals surface area contributed by atoms with Gasteiger partial charge in [0.15, 0.2) is 5.13 Å². The van der Waals surface area contributed by atoms with Crippen LogP contribution < -0.4 is 16.4 Å². The molecule has 0 fully saturated rings. The zero-order chi connectivity index (χ0) is 15.7. The number of carbonyl (C=O) groups excluding carboxylic acids is 1. The van der Waals surface area contributed by atoms with E-state index in [1.165, 1.54) is 18.3 Å². The summed E-state index contributed by atoms with van der Waals surface area (Å²) in [5.74, 6) is 0.537. The standard InChI is InChI=1S/C15H15N5OS/c1-8(21)19-15-20-12-4-3-9(6-13(12)22-15)10-5-11(16)14(17-2)18-7-10/h3-7H,16H2,1-2H3,(H,17,18)(H,19,20,21). The number of nitrogens with one attached hydrogen (secondary N) is 2. The fraction of sp³-hybridized carbons (Fsp3) is 0.133. The maximum Gasteiger partial charge on any atom is 0.223 e. The van der Waals surface area contributed by atoms with Crippen LogP contribution in [0.4, 0.5) is 16.6 Å². The molecule has 0 aliphatic rings. The average Bonchev–Trinajstić information content (AvgIpc) is 2.87. The lowest BCUT2D eigenvalue weighted by Crippen LogP contribution is -2.04. The molecule has 0 spiro atoms. The number of pyridine rings is 1. The third-order valence-electron chi connectivity index (χ3n) is 3.16. The van der Waals surface area contributed by atoms with Crippen LogP contribution in [0.2, 0.25) is 0 Å². The Morgan fingerprint density at radius 1 is 1.27 bits per heavy atom. The molecule has 0 saturated carbocycles. The molecule has 0 atom stereocenters. The van der Waals surface area contributed by atoms with Crippen LogP contribution in [0.5, 0.6) is 0 Å². The molecule has 22 heavy (non-hydrogen) atoms. The fourth-order valence-corrected chi connectivity index (χ4v) is 3.11. The lowest BCUT2D eigenvalue weighted by atomic mass is 10.1. The van der Waals surface area contributed by atoms with Crippen molar-refractivity contribution in [2.24, 2.45) is 0 Å². The molecule has 2 heterocycles. The average molecular weight is 313 g/mol. The van der Waals surface area contributed by atoms with Crippen molar-refractivity contribution in [1.29, 1.82) is 0 Å². The van der Waals surface area contributed by atoms with Crippen molar-refractivity contribution in [3.8, 4) is 11.1 Å². The summed E-state index contributed by atoms with van der Waals surface area (Å²) in [7, 11) is 1.78. The first-order valence-corrected chi connectivity index (χ1v) is 7.50. The molecule has 0 aliphatic heterocycles. The molecule has 0 radical (unpaired) electrons. The lowest BCUT2D eigenvalue weighted by Gasteiger charge is -2.06. The molecular weight excluding hydrogens is 298 g/mol. The molecule has 1 aromatic carbocycles. The van der Waals surface area contributed by atoms with Crippen molar-refractivity contribution >= 4 is 44.1 Å². The van der Waals surface area contributed by atoms with Crippen LogP contribution in [-0.2, 0) is 4.79 Å². The fourth-order valence-electron chi connectivity index (χ4n) is 2.16. The van der Waals surface area contributed by atoms with Crippen molar-refractivity contribution in [3.63, 3.8) is 0 Å².